The second-order valence-corrected chi connectivity index (χ2v) is 4.98. The van der Waals surface area contributed by atoms with Gasteiger partial charge in [-0.1, -0.05) is 11.3 Å². The predicted molar refractivity (Wildman–Crippen MR) is 60.2 cm³/mol. The van der Waals surface area contributed by atoms with E-state index in [1.165, 1.54) is 17.5 Å². The minimum absolute atomic E-state index is 0.374. The van der Waals surface area contributed by atoms with Crippen LogP contribution in [0.4, 0.5) is 18.3 Å². The molecule has 0 spiro atoms. The van der Waals surface area contributed by atoms with Crippen LogP contribution in [0.3, 0.4) is 0 Å². The van der Waals surface area contributed by atoms with E-state index in [9.17, 15) is 13.2 Å². The van der Waals surface area contributed by atoms with E-state index in [0.29, 0.717) is 32.9 Å². The van der Waals surface area contributed by atoms with Gasteiger partial charge in [-0.3, -0.25) is 0 Å². The summed E-state index contributed by atoms with van der Waals surface area (Å²) in [6.07, 6.45) is -3.23. The maximum absolute atomic E-state index is 12.3. The van der Waals surface area contributed by atoms with Crippen molar-refractivity contribution in [2.24, 2.45) is 0 Å². The third kappa shape index (κ3) is 2.72. The minimum atomic E-state index is -4.40. The van der Waals surface area contributed by atoms with Crippen molar-refractivity contribution in [2.75, 3.05) is 11.9 Å². The number of nitrogens with zero attached hydrogens (tertiary/aromatic N) is 3. The molecule has 0 aliphatic heterocycles. The summed E-state index contributed by atoms with van der Waals surface area (Å²) in [4.78, 5) is 3.71. The molecule has 0 fully saturated rings. The standard InChI is InChI=1S/C8H7F3N4S2/c1-2-12-7-15-14-5(17-7)4-3-13-6(16-4)8(9,10)11/h3H,2H2,1H3,(H,12,15). The van der Waals surface area contributed by atoms with Gasteiger partial charge in [-0.05, 0) is 6.92 Å². The number of anilines is 1. The first-order valence-electron chi connectivity index (χ1n) is 4.61. The highest BCUT2D eigenvalue weighted by Crippen LogP contribution is 2.37. The van der Waals surface area contributed by atoms with Crippen molar-refractivity contribution < 1.29 is 13.2 Å². The second-order valence-electron chi connectivity index (χ2n) is 2.97. The molecular formula is C8H7F3N4S2. The lowest BCUT2D eigenvalue weighted by Gasteiger charge is -1.98. The fourth-order valence-corrected chi connectivity index (χ4v) is 2.68. The smallest absolute Gasteiger partial charge is 0.360 e. The summed E-state index contributed by atoms with van der Waals surface area (Å²) in [6, 6.07) is 0. The van der Waals surface area contributed by atoms with Crippen LogP contribution in [0, 0.1) is 0 Å². The molecule has 4 nitrogen and oxygen atoms in total. The van der Waals surface area contributed by atoms with Gasteiger partial charge in [0.05, 0.1) is 4.88 Å². The molecule has 0 amide bonds. The van der Waals surface area contributed by atoms with Crippen molar-refractivity contribution in [1.29, 1.82) is 0 Å². The lowest BCUT2D eigenvalue weighted by Crippen LogP contribution is -2.02. The van der Waals surface area contributed by atoms with Gasteiger partial charge in [-0.2, -0.15) is 13.2 Å². The average Bonchev–Trinajstić information content (AvgIpc) is 2.82. The maximum atomic E-state index is 12.3. The Labute approximate surface area is 103 Å². The van der Waals surface area contributed by atoms with Crippen molar-refractivity contribution >= 4 is 27.8 Å². The summed E-state index contributed by atoms with van der Waals surface area (Å²) in [5, 5.41) is 10.7. The molecule has 0 unspecified atom stereocenters. The van der Waals surface area contributed by atoms with E-state index in [0.717, 1.165) is 0 Å². The summed E-state index contributed by atoms with van der Waals surface area (Å²) in [7, 11) is 0. The van der Waals surface area contributed by atoms with E-state index in [1.54, 1.807) is 0 Å². The third-order valence-corrected chi connectivity index (χ3v) is 3.80. The molecule has 17 heavy (non-hydrogen) atoms. The zero-order valence-corrected chi connectivity index (χ0v) is 10.2. The van der Waals surface area contributed by atoms with Crippen molar-refractivity contribution in [3.05, 3.63) is 11.2 Å². The Morgan fingerprint density at radius 1 is 1.29 bits per heavy atom. The molecule has 0 bridgehead atoms. The van der Waals surface area contributed by atoms with Gasteiger partial charge in [0.15, 0.2) is 10.0 Å². The molecule has 0 aromatic carbocycles. The van der Waals surface area contributed by atoms with Gasteiger partial charge in [0.1, 0.15) is 0 Å². The third-order valence-electron chi connectivity index (χ3n) is 1.71. The summed E-state index contributed by atoms with van der Waals surface area (Å²) in [5.74, 6) is 0. The molecule has 1 N–H and O–H groups in total. The van der Waals surface area contributed by atoms with E-state index >= 15 is 0 Å². The van der Waals surface area contributed by atoms with Crippen molar-refractivity contribution in [3.8, 4) is 9.88 Å². The first-order valence-corrected chi connectivity index (χ1v) is 6.24. The minimum Gasteiger partial charge on any atom is -0.360 e. The van der Waals surface area contributed by atoms with Crippen LogP contribution in [-0.4, -0.2) is 21.7 Å². The summed E-state index contributed by atoms with van der Waals surface area (Å²) >= 11 is 1.77. The Hall–Kier alpha value is -1.22. The molecule has 2 aromatic rings. The van der Waals surface area contributed by atoms with Gasteiger partial charge in [-0.25, -0.2) is 4.98 Å². The van der Waals surface area contributed by atoms with Crippen LogP contribution >= 0.6 is 22.7 Å². The molecule has 0 aliphatic carbocycles. The first kappa shape index (κ1) is 12.2. The number of hydrogen-bond acceptors (Lipinski definition) is 6. The molecule has 0 aliphatic rings. The Morgan fingerprint density at radius 3 is 2.65 bits per heavy atom. The number of nitrogens with one attached hydrogen (secondary N) is 1. The zero-order valence-electron chi connectivity index (χ0n) is 8.58. The number of thiazole rings is 1. The highest BCUT2D eigenvalue weighted by atomic mass is 32.1. The van der Waals surface area contributed by atoms with Crippen LogP contribution in [0.25, 0.3) is 9.88 Å². The van der Waals surface area contributed by atoms with Gasteiger partial charge >= 0.3 is 6.18 Å². The quantitative estimate of drug-likeness (QED) is 0.938. The van der Waals surface area contributed by atoms with Crippen LogP contribution < -0.4 is 5.32 Å². The first-order chi connectivity index (χ1) is 8.00. The Bertz CT molecular complexity index is 505. The number of alkyl halides is 3. The van der Waals surface area contributed by atoms with E-state index in [4.69, 9.17) is 0 Å². The Balaban J connectivity index is 2.24. The average molecular weight is 280 g/mol. The SMILES string of the molecule is CCNc1nnc(-c2cnc(C(F)(F)F)s2)s1. The van der Waals surface area contributed by atoms with E-state index in [-0.39, 0.29) is 0 Å². The topological polar surface area (TPSA) is 50.7 Å². The molecule has 9 heteroatoms. The van der Waals surface area contributed by atoms with Gasteiger partial charge in [0.2, 0.25) is 5.13 Å². The lowest BCUT2D eigenvalue weighted by molar-refractivity contribution is -0.137. The highest BCUT2D eigenvalue weighted by molar-refractivity contribution is 7.23. The molecular weight excluding hydrogens is 273 g/mol. The fraction of sp³-hybridized carbons (Fsp3) is 0.375. The lowest BCUT2D eigenvalue weighted by atomic mass is 10.6. The van der Waals surface area contributed by atoms with Crippen molar-refractivity contribution in [1.82, 2.24) is 15.2 Å². The molecule has 0 saturated heterocycles. The Morgan fingerprint density at radius 2 is 2.06 bits per heavy atom. The zero-order chi connectivity index (χ0) is 12.5. The molecule has 2 aromatic heterocycles. The summed E-state index contributed by atoms with van der Waals surface area (Å²) in [6.45, 7) is 2.58. The number of aromatic nitrogens is 3. The fourth-order valence-electron chi connectivity index (χ4n) is 1.05. The molecule has 92 valence electrons. The monoisotopic (exact) mass is 280 g/mol. The van der Waals surface area contributed by atoms with E-state index in [1.807, 2.05) is 6.92 Å². The summed E-state index contributed by atoms with van der Waals surface area (Å²) < 4.78 is 37.0. The molecule has 0 radical (unpaired) electrons. The summed E-state index contributed by atoms with van der Waals surface area (Å²) in [5.41, 5.74) is 0. The number of rotatable bonds is 3. The van der Waals surface area contributed by atoms with Crippen molar-refractivity contribution in [2.45, 2.75) is 13.1 Å². The van der Waals surface area contributed by atoms with Crippen LogP contribution in [-0.2, 0) is 6.18 Å². The number of hydrogen-bond donors (Lipinski definition) is 1. The second kappa shape index (κ2) is 4.57. The highest BCUT2D eigenvalue weighted by Gasteiger charge is 2.35. The molecule has 0 saturated carbocycles. The molecule has 2 heterocycles. The van der Waals surface area contributed by atoms with Crippen LogP contribution in [0.5, 0.6) is 0 Å². The molecule has 2 rings (SSSR count). The normalized spacial score (nSPS) is 11.8. The maximum Gasteiger partial charge on any atom is 0.443 e. The predicted octanol–water partition coefficient (Wildman–Crippen LogP) is 3.11. The van der Waals surface area contributed by atoms with Crippen LogP contribution in [0.15, 0.2) is 6.20 Å². The van der Waals surface area contributed by atoms with Crippen LogP contribution in [0.2, 0.25) is 0 Å². The number of halogens is 3. The van der Waals surface area contributed by atoms with Gasteiger partial charge in [-0.15, -0.1) is 21.5 Å². The van der Waals surface area contributed by atoms with E-state index < -0.39 is 11.2 Å². The van der Waals surface area contributed by atoms with Gasteiger partial charge in [0.25, 0.3) is 0 Å². The Kier molecular flexibility index (Phi) is 3.29. The largest absolute Gasteiger partial charge is 0.443 e. The van der Waals surface area contributed by atoms with Gasteiger partial charge in [0, 0.05) is 12.7 Å². The van der Waals surface area contributed by atoms with Crippen LogP contribution in [0.1, 0.15) is 11.9 Å². The molecule has 0 atom stereocenters. The van der Waals surface area contributed by atoms with Gasteiger partial charge < -0.3 is 5.32 Å². The van der Waals surface area contributed by atoms with E-state index in [2.05, 4.69) is 20.5 Å². The van der Waals surface area contributed by atoms with Crippen molar-refractivity contribution in [3.63, 3.8) is 0 Å².